The molecule has 2 aromatic rings. The summed E-state index contributed by atoms with van der Waals surface area (Å²) in [5.74, 6) is 0.735. The Balaban J connectivity index is 2.25. The van der Waals surface area contributed by atoms with E-state index in [2.05, 4.69) is 22.1 Å². The summed E-state index contributed by atoms with van der Waals surface area (Å²) in [6, 6.07) is 8.49. The van der Waals surface area contributed by atoms with Crippen LogP contribution < -0.4 is 4.74 Å². The lowest BCUT2D eigenvalue weighted by Crippen LogP contribution is -1.92. The van der Waals surface area contributed by atoms with Gasteiger partial charge < -0.3 is 4.74 Å². The van der Waals surface area contributed by atoms with Crippen LogP contribution in [0.5, 0.6) is 6.01 Å². The van der Waals surface area contributed by atoms with Crippen LogP contribution in [0, 0.1) is 6.92 Å². The number of rotatable bonds is 3. The second-order valence-electron chi connectivity index (χ2n) is 3.27. The van der Waals surface area contributed by atoms with E-state index in [1.54, 1.807) is 0 Å². The number of benzene rings is 1. The van der Waals surface area contributed by atoms with Gasteiger partial charge in [0.15, 0.2) is 5.82 Å². The molecule has 0 saturated heterocycles. The number of aromatic amines is 1. The largest absolute Gasteiger partial charge is 0.463 e. The molecular weight excluding hydrogens is 190 g/mol. The standard InChI is InChI=1S/C11H13N3O/c1-3-15-11-12-10(13-14-11)9-6-4-8(2)5-7-9/h4-7H,3H2,1-2H3,(H,12,13,14). The lowest BCUT2D eigenvalue weighted by Gasteiger charge is -1.96. The van der Waals surface area contributed by atoms with E-state index in [0.29, 0.717) is 12.6 Å². The molecule has 1 aromatic heterocycles. The van der Waals surface area contributed by atoms with E-state index in [4.69, 9.17) is 4.74 Å². The third kappa shape index (κ3) is 2.15. The van der Waals surface area contributed by atoms with Crippen molar-refractivity contribution in [2.24, 2.45) is 0 Å². The van der Waals surface area contributed by atoms with Crippen molar-refractivity contribution in [2.75, 3.05) is 6.61 Å². The van der Waals surface area contributed by atoms with Gasteiger partial charge in [0, 0.05) is 5.56 Å². The molecule has 2 rings (SSSR count). The molecule has 0 aliphatic heterocycles. The molecule has 0 aliphatic carbocycles. The first-order valence-corrected chi connectivity index (χ1v) is 4.92. The van der Waals surface area contributed by atoms with Crippen molar-refractivity contribution in [2.45, 2.75) is 13.8 Å². The van der Waals surface area contributed by atoms with Gasteiger partial charge in [0.1, 0.15) is 0 Å². The SMILES string of the molecule is CCOc1n[nH]c(-c2ccc(C)cc2)n1. The molecule has 15 heavy (non-hydrogen) atoms. The Bertz CT molecular complexity index is 433. The van der Waals surface area contributed by atoms with Crippen LogP contribution in [0.3, 0.4) is 0 Å². The average Bonchev–Trinajstić information content (AvgIpc) is 2.68. The second kappa shape index (κ2) is 4.13. The van der Waals surface area contributed by atoms with Gasteiger partial charge in [-0.3, -0.25) is 5.10 Å². The molecule has 4 heteroatoms. The number of nitrogens with one attached hydrogen (secondary N) is 1. The summed E-state index contributed by atoms with van der Waals surface area (Å²) in [7, 11) is 0. The van der Waals surface area contributed by atoms with Gasteiger partial charge in [-0.1, -0.05) is 29.8 Å². The normalized spacial score (nSPS) is 10.3. The summed E-state index contributed by atoms with van der Waals surface area (Å²) in [5.41, 5.74) is 2.24. The van der Waals surface area contributed by atoms with Gasteiger partial charge in [-0.15, -0.1) is 5.10 Å². The molecular formula is C11H13N3O. The van der Waals surface area contributed by atoms with Crippen molar-refractivity contribution >= 4 is 0 Å². The fourth-order valence-corrected chi connectivity index (χ4v) is 1.28. The van der Waals surface area contributed by atoms with Crippen molar-refractivity contribution < 1.29 is 4.74 Å². The van der Waals surface area contributed by atoms with Gasteiger partial charge in [0.2, 0.25) is 0 Å². The van der Waals surface area contributed by atoms with E-state index in [-0.39, 0.29) is 0 Å². The first-order chi connectivity index (χ1) is 7.29. The van der Waals surface area contributed by atoms with Gasteiger partial charge in [0.25, 0.3) is 0 Å². The number of nitrogens with zero attached hydrogens (tertiary/aromatic N) is 2. The Hall–Kier alpha value is -1.84. The van der Waals surface area contributed by atoms with Crippen molar-refractivity contribution in [1.82, 2.24) is 15.2 Å². The molecule has 78 valence electrons. The van der Waals surface area contributed by atoms with Crippen LogP contribution >= 0.6 is 0 Å². The van der Waals surface area contributed by atoms with E-state index in [1.807, 2.05) is 31.2 Å². The number of aromatic nitrogens is 3. The molecule has 0 fully saturated rings. The number of H-pyrrole nitrogens is 1. The molecule has 0 unspecified atom stereocenters. The minimum atomic E-state index is 0.396. The maximum absolute atomic E-state index is 5.18. The van der Waals surface area contributed by atoms with Crippen molar-refractivity contribution in [3.8, 4) is 17.4 Å². The Morgan fingerprint density at radius 1 is 1.27 bits per heavy atom. The van der Waals surface area contributed by atoms with Crippen LogP contribution in [0.2, 0.25) is 0 Å². The van der Waals surface area contributed by atoms with E-state index in [1.165, 1.54) is 5.56 Å². The van der Waals surface area contributed by atoms with Gasteiger partial charge in [-0.05, 0) is 13.8 Å². The molecule has 0 aliphatic rings. The van der Waals surface area contributed by atoms with Gasteiger partial charge >= 0.3 is 6.01 Å². The quantitative estimate of drug-likeness (QED) is 0.831. The summed E-state index contributed by atoms with van der Waals surface area (Å²) in [6.45, 7) is 4.53. The number of hydrogen-bond donors (Lipinski definition) is 1. The molecule has 0 bridgehead atoms. The van der Waals surface area contributed by atoms with Crippen LogP contribution in [0.4, 0.5) is 0 Å². The molecule has 0 spiro atoms. The molecule has 4 nitrogen and oxygen atoms in total. The zero-order chi connectivity index (χ0) is 10.7. The summed E-state index contributed by atoms with van der Waals surface area (Å²) in [6.07, 6.45) is 0. The van der Waals surface area contributed by atoms with Crippen molar-refractivity contribution in [3.63, 3.8) is 0 Å². The van der Waals surface area contributed by atoms with Gasteiger partial charge in [-0.2, -0.15) is 4.98 Å². The Morgan fingerprint density at radius 2 is 2.00 bits per heavy atom. The highest BCUT2D eigenvalue weighted by atomic mass is 16.5. The fraction of sp³-hybridized carbons (Fsp3) is 0.273. The lowest BCUT2D eigenvalue weighted by molar-refractivity contribution is 0.314. The number of ether oxygens (including phenoxy) is 1. The van der Waals surface area contributed by atoms with Gasteiger partial charge in [-0.25, -0.2) is 0 Å². The van der Waals surface area contributed by atoms with E-state index >= 15 is 0 Å². The van der Waals surface area contributed by atoms with Crippen LogP contribution in [-0.4, -0.2) is 21.8 Å². The Kier molecular flexibility index (Phi) is 2.67. The topological polar surface area (TPSA) is 50.8 Å². The van der Waals surface area contributed by atoms with Crippen LogP contribution in [0.25, 0.3) is 11.4 Å². The van der Waals surface area contributed by atoms with Crippen LogP contribution in [0.1, 0.15) is 12.5 Å². The third-order valence-corrected chi connectivity index (χ3v) is 2.06. The summed E-state index contributed by atoms with van der Waals surface area (Å²) in [5, 5.41) is 6.79. The van der Waals surface area contributed by atoms with Crippen LogP contribution in [0.15, 0.2) is 24.3 Å². The lowest BCUT2D eigenvalue weighted by atomic mass is 10.1. The predicted octanol–water partition coefficient (Wildman–Crippen LogP) is 2.18. The molecule has 0 amide bonds. The maximum atomic E-state index is 5.18. The molecule has 1 aromatic carbocycles. The smallest absolute Gasteiger partial charge is 0.335 e. The first-order valence-electron chi connectivity index (χ1n) is 4.92. The number of hydrogen-bond acceptors (Lipinski definition) is 3. The van der Waals surface area contributed by atoms with Crippen LogP contribution in [-0.2, 0) is 0 Å². The second-order valence-corrected chi connectivity index (χ2v) is 3.27. The number of aryl methyl sites for hydroxylation is 1. The van der Waals surface area contributed by atoms with E-state index in [9.17, 15) is 0 Å². The predicted molar refractivity (Wildman–Crippen MR) is 57.7 cm³/mol. The molecule has 0 radical (unpaired) electrons. The Morgan fingerprint density at radius 3 is 2.67 bits per heavy atom. The average molecular weight is 203 g/mol. The van der Waals surface area contributed by atoms with E-state index in [0.717, 1.165) is 11.4 Å². The molecule has 0 saturated carbocycles. The third-order valence-electron chi connectivity index (χ3n) is 2.06. The Labute approximate surface area is 88.3 Å². The molecule has 1 heterocycles. The minimum Gasteiger partial charge on any atom is -0.463 e. The monoisotopic (exact) mass is 203 g/mol. The highest BCUT2D eigenvalue weighted by Gasteiger charge is 2.04. The van der Waals surface area contributed by atoms with Crippen molar-refractivity contribution in [1.29, 1.82) is 0 Å². The molecule has 0 atom stereocenters. The highest BCUT2D eigenvalue weighted by molar-refractivity contribution is 5.55. The summed E-state index contributed by atoms with van der Waals surface area (Å²) in [4.78, 5) is 4.21. The summed E-state index contributed by atoms with van der Waals surface area (Å²) < 4.78 is 5.18. The zero-order valence-electron chi connectivity index (χ0n) is 8.82. The molecule has 1 N–H and O–H groups in total. The summed E-state index contributed by atoms with van der Waals surface area (Å²) >= 11 is 0. The maximum Gasteiger partial charge on any atom is 0.335 e. The van der Waals surface area contributed by atoms with E-state index < -0.39 is 0 Å². The first kappa shape index (κ1) is 9.71. The van der Waals surface area contributed by atoms with Crippen molar-refractivity contribution in [3.05, 3.63) is 29.8 Å². The highest BCUT2D eigenvalue weighted by Crippen LogP contribution is 2.16. The fourth-order valence-electron chi connectivity index (χ4n) is 1.28. The van der Waals surface area contributed by atoms with Gasteiger partial charge in [0.05, 0.1) is 6.61 Å². The minimum absolute atomic E-state index is 0.396. The zero-order valence-corrected chi connectivity index (χ0v) is 8.82.